The van der Waals surface area contributed by atoms with Crippen LogP contribution in [0.3, 0.4) is 0 Å². The molecule has 0 unspecified atom stereocenters. The summed E-state index contributed by atoms with van der Waals surface area (Å²) in [6, 6.07) is 6.20. The van der Waals surface area contributed by atoms with Crippen molar-refractivity contribution in [3.05, 3.63) is 51.6 Å². The van der Waals surface area contributed by atoms with Gasteiger partial charge in [-0.05, 0) is 37.5 Å². The first-order chi connectivity index (χ1) is 13.9. The largest absolute Gasteiger partial charge is 0.434 e. The molecule has 3 N–H and O–H groups in total. The predicted octanol–water partition coefficient (Wildman–Crippen LogP) is 4.29. The Hall–Kier alpha value is -2.55. The maximum atomic E-state index is 12.6. The molecule has 9 heteroatoms. The highest BCUT2D eigenvalue weighted by molar-refractivity contribution is 7.09. The maximum Gasteiger partial charge on any atom is 0.434 e. The Bertz CT molecular complexity index is 974. The van der Waals surface area contributed by atoms with E-state index >= 15 is 0 Å². The molecule has 0 fully saturated rings. The van der Waals surface area contributed by atoms with Crippen molar-refractivity contribution < 1.29 is 13.2 Å². The molecule has 0 spiro atoms. The molecule has 0 aliphatic rings. The first-order valence-corrected chi connectivity index (χ1v) is 10.4. The number of halogens is 3. The second kappa shape index (κ2) is 9.30. The number of hydrogen-bond acceptors (Lipinski definition) is 3. The average molecular weight is 424 g/mol. The first kappa shape index (κ1) is 21.2. The van der Waals surface area contributed by atoms with Crippen molar-refractivity contribution in [2.24, 2.45) is 4.99 Å². The third-order valence-corrected chi connectivity index (χ3v) is 5.37. The molecular formula is C20H24F3N5S. The minimum absolute atomic E-state index is 0.367. The zero-order valence-corrected chi connectivity index (χ0v) is 17.2. The molecule has 0 saturated carbocycles. The van der Waals surface area contributed by atoms with E-state index in [9.17, 15) is 13.2 Å². The lowest BCUT2D eigenvalue weighted by molar-refractivity contribution is -0.140. The number of aromatic amines is 1. The number of H-pyrrole nitrogens is 1. The molecule has 156 valence electrons. The molecule has 2 aromatic heterocycles. The number of alkyl halides is 3. The smallest absolute Gasteiger partial charge is 0.361 e. The number of fused-ring (bicyclic) bond motifs is 1. The Morgan fingerprint density at radius 2 is 2.07 bits per heavy atom. The third kappa shape index (κ3) is 5.50. The van der Waals surface area contributed by atoms with Gasteiger partial charge in [-0.15, -0.1) is 11.3 Å². The van der Waals surface area contributed by atoms with E-state index in [1.165, 1.54) is 16.5 Å². The Morgan fingerprint density at radius 1 is 1.24 bits per heavy atom. The summed E-state index contributed by atoms with van der Waals surface area (Å²) in [6.07, 6.45) is -1.16. The molecule has 0 aliphatic carbocycles. The van der Waals surface area contributed by atoms with Crippen molar-refractivity contribution >= 4 is 28.2 Å². The van der Waals surface area contributed by atoms with Gasteiger partial charge in [0, 0.05) is 48.5 Å². The van der Waals surface area contributed by atoms with Crippen LogP contribution in [0.1, 0.15) is 28.8 Å². The molecule has 0 radical (unpaired) electrons. The minimum atomic E-state index is -4.39. The summed E-state index contributed by atoms with van der Waals surface area (Å²) in [5.41, 5.74) is 2.77. The lowest BCUT2D eigenvalue weighted by Crippen LogP contribution is -2.38. The summed E-state index contributed by atoms with van der Waals surface area (Å²) in [4.78, 5) is 11.4. The second-order valence-electron chi connectivity index (χ2n) is 6.62. The third-order valence-electron chi connectivity index (χ3n) is 4.46. The van der Waals surface area contributed by atoms with Crippen molar-refractivity contribution in [1.29, 1.82) is 0 Å². The van der Waals surface area contributed by atoms with Gasteiger partial charge in [0.25, 0.3) is 0 Å². The quantitative estimate of drug-likeness (QED) is 0.392. The first-order valence-electron chi connectivity index (χ1n) is 9.48. The van der Waals surface area contributed by atoms with Crippen LogP contribution >= 0.6 is 11.3 Å². The van der Waals surface area contributed by atoms with Gasteiger partial charge in [-0.25, -0.2) is 4.98 Å². The molecule has 0 amide bonds. The molecule has 0 saturated heterocycles. The van der Waals surface area contributed by atoms with Gasteiger partial charge >= 0.3 is 6.18 Å². The standard InChI is InChI=1S/C20H24F3N5S/c1-3-24-19(26-10-8-17-28-16(12-29-17)20(21,22)23)25-9-7-14-11-27-15-6-4-5-13(2)18(14)15/h4-6,11-12,27H,3,7-10H2,1-2H3,(H2,24,25,26). The van der Waals surface area contributed by atoms with Crippen molar-refractivity contribution in [1.82, 2.24) is 20.6 Å². The zero-order valence-electron chi connectivity index (χ0n) is 16.4. The van der Waals surface area contributed by atoms with Crippen LogP contribution in [0.5, 0.6) is 0 Å². The molecule has 3 rings (SSSR count). The van der Waals surface area contributed by atoms with Crippen LogP contribution < -0.4 is 10.6 Å². The van der Waals surface area contributed by atoms with Crippen LogP contribution in [0.2, 0.25) is 0 Å². The van der Waals surface area contributed by atoms with E-state index in [4.69, 9.17) is 0 Å². The van der Waals surface area contributed by atoms with Crippen molar-refractivity contribution in [2.45, 2.75) is 32.9 Å². The van der Waals surface area contributed by atoms with Crippen LogP contribution in [0.25, 0.3) is 10.9 Å². The van der Waals surface area contributed by atoms with E-state index in [0.29, 0.717) is 37.0 Å². The Morgan fingerprint density at radius 3 is 2.79 bits per heavy atom. The van der Waals surface area contributed by atoms with Gasteiger partial charge in [-0.1, -0.05) is 12.1 Å². The normalized spacial score (nSPS) is 12.5. The number of rotatable bonds is 7. The van der Waals surface area contributed by atoms with E-state index in [2.05, 4.69) is 44.7 Å². The fourth-order valence-electron chi connectivity index (χ4n) is 3.13. The fraction of sp³-hybridized carbons (Fsp3) is 0.400. The minimum Gasteiger partial charge on any atom is -0.361 e. The molecular weight excluding hydrogens is 399 g/mol. The van der Waals surface area contributed by atoms with Gasteiger partial charge < -0.3 is 15.6 Å². The van der Waals surface area contributed by atoms with Crippen LogP contribution in [-0.4, -0.2) is 35.6 Å². The average Bonchev–Trinajstić information content (AvgIpc) is 3.30. The summed E-state index contributed by atoms with van der Waals surface area (Å²) in [5.74, 6) is 0.650. The van der Waals surface area contributed by atoms with Gasteiger partial charge in [0.1, 0.15) is 0 Å². The summed E-state index contributed by atoms with van der Waals surface area (Å²) in [5, 5.41) is 9.18. The topological polar surface area (TPSA) is 65.1 Å². The van der Waals surface area contributed by atoms with Crippen LogP contribution in [0.4, 0.5) is 13.2 Å². The van der Waals surface area contributed by atoms with Gasteiger partial charge in [0.15, 0.2) is 11.7 Å². The SMILES string of the molecule is CCNC(=NCCc1nc(C(F)(F)F)cs1)NCCc1c[nH]c2cccc(C)c12. The number of aromatic nitrogens is 2. The van der Waals surface area contributed by atoms with Crippen molar-refractivity contribution in [2.75, 3.05) is 19.6 Å². The lowest BCUT2D eigenvalue weighted by Gasteiger charge is -2.11. The number of benzene rings is 1. The van der Waals surface area contributed by atoms with Gasteiger partial charge in [0.2, 0.25) is 0 Å². The van der Waals surface area contributed by atoms with Gasteiger partial charge in [-0.2, -0.15) is 13.2 Å². The zero-order chi connectivity index (χ0) is 20.9. The fourth-order valence-corrected chi connectivity index (χ4v) is 3.92. The van der Waals surface area contributed by atoms with E-state index in [1.807, 2.05) is 19.2 Å². The summed E-state index contributed by atoms with van der Waals surface area (Å²) >= 11 is 1.02. The molecule has 0 aliphatic heterocycles. The highest BCUT2D eigenvalue weighted by atomic mass is 32.1. The highest BCUT2D eigenvalue weighted by Crippen LogP contribution is 2.30. The monoisotopic (exact) mass is 423 g/mol. The predicted molar refractivity (Wildman–Crippen MR) is 112 cm³/mol. The number of nitrogens with zero attached hydrogens (tertiary/aromatic N) is 2. The number of hydrogen-bond donors (Lipinski definition) is 3. The van der Waals surface area contributed by atoms with Crippen LogP contribution in [0.15, 0.2) is 34.8 Å². The Labute approximate surface area is 171 Å². The summed E-state index contributed by atoms with van der Waals surface area (Å²) in [6.45, 7) is 5.83. The van der Waals surface area contributed by atoms with E-state index in [1.54, 1.807) is 0 Å². The Kier molecular flexibility index (Phi) is 6.79. The van der Waals surface area contributed by atoms with E-state index in [0.717, 1.165) is 28.7 Å². The Balaban J connectivity index is 1.54. The molecule has 0 bridgehead atoms. The molecule has 5 nitrogen and oxygen atoms in total. The number of thiazole rings is 1. The molecule has 1 aromatic carbocycles. The van der Waals surface area contributed by atoms with Crippen molar-refractivity contribution in [3.63, 3.8) is 0 Å². The highest BCUT2D eigenvalue weighted by Gasteiger charge is 2.33. The molecule has 2 heterocycles. The number of guanidine groups is 1. The van der Waals surface area contributed by atoms with Crippen LogP contribution in [0, 0.1) is 6.92 Å². The molecule has 3 aromatic rings. The maximum absolute atomic E-state index is 12.6. The van der Waals surface area contributed by atoms with E-state index < -0.39 is 11.9 Å². The number of aliphatic imine (C=N–C) groups is 1. The van der Waals surface area contributed by atoms with Crippen molar-refractivity contribution in [3.8, 4) is 0 Å². The van der Waals surface area contributed by atoms with Gasteiger partial charge in [-0.3, -0.25) is 4.99 Å². The summed E-state index contributed by atoms with van der Waals surface area (Å²) < 4.78 is 37.9. The molecule has 0 atom stereocenters. The summed E-state index contributed by atoms with van der Waals surface area (Å²) in [7, 11) is 0. The van der Waals surface area contributed by atoms with Crippen LogP contribution in [-0.2, 0) is 19.0 Å². The number of nitrogens with one attached hydrogen (secondary N) is 3. The lowest BCUT2D eigenvalue weighted by atomic mass is 10.1. The number of aryl methyl sites for hydroxylation is 1. The second-order valence-corrected chi connectivity index (χ2v) is 7.57. The molecule has 29 heavy (non-hydrogen) atoms. The van der Waals surface area contributed by atoms with E-state index in [-0.39, 0.29) is 0 Å². The van der Waals surface area contributed by atoms with Gasteiger partial charge in [0.05, 0.1) is 5.01 Å².